The van der Waals surface area contributed by atoms with Crippen LogP contribution in [0.25, 0.3) is 10.8 Å². The molecule has 5 atom stereocenters. The maximum absolute atomic E-state index is 13.1. The summed E-state index contributed by atoms with van der Waals surface area (Å²) in [6.07, 6.45) is -2.38. The van der Waals surface area contributed by atoms with E-state index in [9.17, 15) is 14.7 Å². The standard InChI is InChI=1S/C20H14O7/c21-12-7-8-13(22)19-18(12,27-19)16(23)15-17(24-15)20(19)25-10-5-1-3-9-4-2-6-11(26-20)14(9)10/h1-6,12,15,17,21H,7-8H2. The van der Waals surface area contributed by atoms with Gasteiger partial charge in [0.15, 0.2) is 18.0 Å². The van der Waals surface area contributed by atoms with E-state index in [1.165, 1.54) is 0 Å². The van der Waals surface area contributed by atoms with E-state index >= 15 is 0 Å². The van der Waals surface area contributed by atoms with Crippen LogP contribution in [0, 0.1) is 0 Å². The van der Waals surface area contributed by atoms with Crippen molar-refractivity contribution in [2.45, 2.75) is 48.1 Å². The fourth-order valence-corrected chi connectivity index (χ4v) is 5.41. The molecular weight excluding hydrogens is 352 g/mol. The van der Waals surface area contributed by atoms with E-state index in [0.717, 1.165) is 10.8 Å². The highest BCUT2D eigenvalue weighted by Crippen LogP contribution is 2.71. The number of hydrogen-bond donors (Lipinski definition) is 1. The van der Waals surface area contributed by atoms with Gasteiger partial charge in [-0.15, -0.1) is 0 Å². The Kier molecular flexibility index (Phi) is 2.16. The van der Waals surface area contributed by atoms with Gasteiger partial charge < -0.3 is 24.1 Å². The van der Waals surface area contributed by atoms with Gasteiger partial charge in [-0.05, 0) is 23.9 Å². The number of ether oxygens (including phenoxy) is 4. The second kappa shape index (κ2) is 4.01. The van der Waals surface area contributed by atoms with Gasteiger partial charge in [-0.1, -0.05) is 24.3 Å². The lowest BCUT2D eigenvalue weighted by atomic mass is 9.64. The largest absolute Gasteiger partial charge is 0.446 e. The van der Waals surface area contributed by atoms with E-state index in [1.807, 2.05) is 24.3 Å². The van der Waals surface area contributed by atoms with Crippen molar-refractivity contribution in [2.24, 2.45) is 0 Å². The Morgan fingerprint density at radius 2 is 1.74 bits per heavy atom. The Bertz CT molecular complexity index is 1050. The van der Waals surface area contributed by atoms with Gasteiger partial charge >= 0.3 is 5.79 Å². The van der Waals surface area contributed by atoms with Gasteiger partial charge in [0.05, 0.1) is 11.5 Å². The third kappa shape index (κ3) is 1.27. The summed E-state index contributed by atoms with van der Waals surface area (Å²) in [6, 6.07) is 11.2. The highest BCUT2D eigenvalue weighted by atomic mass is 16.8. The molecule has 0 radical (unpaired) electrons. The van der Waals surface area contributed by atoms with Gasteiger partial charge in [-0.2, -0.15) is 0 Å². The number of hydrogen-bond acceptors (Lipinski definition) is 7. The molecule has 5 aliphatic rings. The van der Waals surface area contributed by atoms with Crippen molar-refractivity contribution >= 4 is 22.3 Å². The lowest BCUT2D eigenvalue weighted by Crippen LogP contribution is -2.73. The van der Waals surface area contributed by atoms with Crippen LogP contribution in [0.5, 0.6) is 11.5 Å². The Morgan fingerprint density at radius 1 is 1.04 bits per heavy atom. The molecule has 1 N–H and O–H groups in total. The van der Waals surface area contributed by atoms with E-state index < -0.39 is 35.3 Å². The molecule has 0 amide bonds. The fourth-order valence-electron chi connectivity index (χ4n) is 5.41. The van der Waals surface area contributed by atoms with Crippen molar-refractivity contribution < 1.29 is 33.6 Å². The molecule has 7 rings (SSSR count). The topological polar surface area (TPSA) is 97.9 Å². The highest BCUT2D eigenvalue weighted by molar-refractivity contribution is 6.12. The van der Waals surface area contributed by atoms with Crippen LogP contribution in [-0.2, 0) is 19.1 Å². The molecule has 0 aromatic heterocycles. The molecule has 2 saturated heterocycles. The number of fused-ring (bicyclic) bond motifs is 2. The molecule has 0 bridgehead atoms. The average Bonchev–Trinajstić information content (AvgIpc) is 3.57. The van der Waals surface area contributed by atoms with Gasteiger partial charge in [-0.25, -0.2) is 0 Å². The maximum Gasteiger partial charge on any atom is 0.321 e. The summed E-state index contributed by atoms with van der Waals surface area (Å²) in [6.45, 7) is 0. The molecule has 7 nitrogen and oxygen atoms in total. The Labute approximate surface area is 152 Å². The van der Waals surface area contributed by atoms with Crippen molar-refractivity contribution in [2.75, 3.05) is 0 Å². The predicted molar refractivity (Wildman–Crippen MR) is 88.4 cm³/mol. The fraction of sp³-hybridized carbons (Fsp3) is 0.400. The van der Waals surface area contributed by atoms with Crippen LogP contribution in [0.1, 0.15) is 12.8 Å². The lowest BCUT2D eigenvalue weighted by molar-refractivity contribution is -0.194. The minimum Gasteiger partial charge on any atom is -0.446 e. The Balaban J connectivity index is 1.50. The first-order valence-electron chi connectivity index (χ1n) is 9.06. The van der Waals surface area contributed by atoms with Crippen molar-refractivity contribution in [3.8, 4) is 11.5 Å². The zero-order chi connectivity index (χ0) is 18.2. The number of aliphatic hydroxyl groups excluding tert-OH is 1. The third-order valence-electron chi connectivity index (χ3n) is 6.63. The van der Waals surface area contributed by atoms with Crippen LogP contribution >= 0.6 is 0 Å². The van der Waals surface area contributed by atoms with Crippen molar-refractivity contribution in [1.29, 1.82) is 0 Å². The normalized spacial score (nSPS) is 41.9. The van der Waals surface area contributed by atoms with Gasteiger partial charge in [0.2, 0.25) is 17.0 Å². The molecule has 1 spiro atoms. The summed E-state index contributed by atoms with van der Waals surface area (Å²) in [5, 5.41) is 12.4. The highest BCUT2D eigenvalue weighted by Gasteiger charge is 3.00. The monoisotopic (exact) mass is 366 g/mol. The average molecular weight is 366 g/mol. The van der Waals surface area contributed by atoms with Crippen LogP contribution < -0.4 is 9.47 Å². The molecule has 3 aliphatic heterocycles. The summed E-state index contributed by atoms with van der Waals surface area (Å²) in [4.78, 5) is 26.0. The molecule has 27 heavy (non-hydrogen) atoms. The first-order valence-corrected chi connectivity index (χ1v) is 9.06. The van der Waals surface area contributed by atoms with Gasteiger partial charge in [0.25, 0.3) is 0 Å². The van der Waals surface area contributed by atoms with Crippen LogP contribution in [-0.4, -0.2) is 52.0 Å². The molecule has 2 aliphatic carbocycles. The maximum atomic E-state index is 13.1. The summed E-state index contributed by atoms with van der Waals surface area (Å²) in [7, 11) is 0. The van der Waals surface area contributed by atoms with Crippen LogP contribution in [0.3, 0.4) is 0 Å². The van der Waals surface area contributed by atoms with E-state index in [4.69, 9.17) is 18.9 Å². The van der Waals surface area contributed by atoms with E-state index in [0.29, 0.717) is 11.5 Å². The number of ketones is 2. The smallest absolute Gasteiger partial charge is 0.321 e. The zero-order valence-corrected chi connectivity index (χ0v) is 14.0. The third-order valence-corrected chi connectivity index (χ3v) is 6.63. The number of Topliss-reactive ketones (excluding diaryl/α,β-unsaturated/α-hetero) is 2. The molecule has 5 unspecified atom stereocenters. The van der Waals surface area contributed by atoms with Crippen molar-refractivity contribution in [1.82, 2.24) is 0 Å². The van der Waals surface area contributed by atoms with E-state index in [2.05, 4.69) is 0 Å². The van der Waals surface area contributed by atoms with Crippen molar-refractivity contribution in [3.05, 3.63) is 36.4 Å². The van der Waals surface area contributed by atoms with E-state index in [-0.39, 0.29) is 24.4 Å². The minimum atomic E-state index is -1.68. The first kappa shape index (κ1) is 14.6. The van der Waals surface area contributed by atoms with Crippen LogP contribution in [0.15, 0.2) is 36.4 Å². The summed E-state index contributed by atoms with van der Waals surface area (Å²) in [5.41, 5.74) is -3.32. The Morgan fingerprint density at radius 3 is 2.44 bits per heavy atom. The number of carbonyl (C=O) groups excluding carboxylic acids is 2. The minimum absolute atomic E-state index is 0.0912. The second-order valence-corrected chi connectivity index (χ2v) is 7.82. The number of benzene rings is 2. The molecule has 2 aromatic carbocycles. The number of rotatable bonds is 0. The van der Waals surface area contributed by atoms with Gasteiger partial charge in [0, 0.05) is 6.42 Å². The molecular formula is C20H14O7. The summed E-state index contributed by atoms with van der Waals surface area (Å²) >= 11 is 0. The van der Waals surface area contributed by atoms with Gasteiger partial charge in [-0.3, -0.25) is 9.59 Å². The van der Waals surface area contributed by atoms with Crippen LogP contribution in [0.4, 0.5) is 0 Å². The quantitative estimate of drug-likeness (QED) is 0.692. The van der Waals surface area contributed by atoms with E-state index in [1.54, 1.807) is 12.1 Å². The molecule has 2 aromatic rings. The number of carbonyl (C=O) groups is 2. The molecule has 4 fully saturated rings. The number of epoxide rings is 2. The zero-order valence-electron chi connectivity index (χ0n) is 14.0. The van der Waals surface area contributed by atoms with Gasteiger partial charge in [0.1, 0.15) is 11.5 Å². The summed E-state index contributed by atoms with van der Waals surface area (Å²) in [5.74, 6) is -1.20. The second-order valence-electron chi connectivity index (χ2n) is 7.82. The predicted octanol–water partition coefficient (Wildman–Crippen LogP) is 0.889. The number of aliphatic hydroxyl groups is 1. The molecule has 7 heteroatoms. The Hall–Kier alpha value is -2.48. The summed E-state index contributed by atoms with van der Waals surface area (Å²) < 4.78 is 24.1. The first-order chi connectivity index (χ1) is 13.1. The molecule has 3 heterocycles. The lowest BCUT2D eigenvalue weighted by Gasteiger charge is -2.44. The van der Waals surface area contributed by atoms with Crippen molar-refractivity contribution in [3.63, 3.8) is 0 Å². The molecule has 2 saturated carbocycles. The SMILES string of the molecule is O=C1C2OC2C2(Oc3cccc4cccc(c34)O2)C23OC12C(O)CCC3=O. The van der Waals surface area contributed by atoms with Crippen LogP contribution in [0.2, 0.25) is 0 Å². The molecule has 136 valence electrons.